The van der Waals surface area contributed by atoms with Gasteiger partial charge in [-0.25, -0.2) is 0 Å². The minimum absolute atomic E-state index is 0.209. The zero-order valence-corrected chi connectivity index (χ0v) is 15.0. The van der Waals surface area contributed by atoms with E-state index in [4.69, 9.17) is 0 Å². The lowest BCUT2D eigenvalue weighted by molar-refractivity contribution is 0.102. The summed E-state index contributed by atoms with van der Waals surface area (Å²) in [6.07, 6.45) is 5.54. The predicted octanol–water partition coefficient (Wildman–Crippen LogP) is 3.00. The summed E-state index contributed by atoms with van der Waals surface area (Å²) in [7, 11) is 0. The highest BCUT2D eigenvalue weighted by molar-refractivity contribution is 7.10. The molecule has 6 nitrogen and oxygen atoms in total. The molecule has 1 fully saturated rings. The summed E-state index contributed by atoms with van der Waals surface area (Å²) in [6.45, 7) is 2.10. The molecule has 2 aromatic heterocycles. The Hall–Kier alpha value is -2.64. The maximum atomic E-state index is 12.5. The Morgan fingerprint density at radius 2 is 2.15 bits per heavy atom. The molecule has 1 amide bonds. The molecular formula is C19H19N5OS. The fraction of sp³-hybridized carbons (Fsp3) is 0.263. The van der Waals surface area contributed by atoms with Crippen LogP contribution in [0, 0.1) is 5.92 Å². The first-order valence-corrected chi connectivity index (χ1v) is 9.40. The Bertz CT molecular complexity index is 890. The van der Waals surface area contributed by atoms with Crippen molar-refractivity contribution in [2.45, 2.75) is 12.8 Å². The average Bonchev–Trinajstić information content (AvgIpc) is 3.35. The van der Waals surface area contributed by atoms with Crippen LogP contribution in [0.5, 0.6) is 0 Å². The van der Waals surface area contributed by atoms with Crippen molar-refractivity contribution in [3.05, 3.63) is 59.9 Å². The van der Waals surface area contributed by atoms with Gasteiger partial charge >= 0.3 is 0 Å². The van der Waals surface area contributed by atoms with Crippen LogP contribution in [0.25, 0.3) is 11.4 Å². The van der Waals surface area contributed by atoms with Gasteiger partial charge in [0.25, 0.3) is 5.91 Å². The Morgan fingerprint density at radius 1 is 1.27 bits per heavy atom. The van der Waals surface area contributed by atoms with Crippen molar-refractivity contribution in [2.75, 3.05) is 18.4 Å². The number of anilines is 1. The standard InChI is InChI=1S/C19H19N5OS/c25-18(16-9-14(11-21-12-16)8-13-6-7-20-10-13)23-19-22-17(24-26-19)15-4-2-1-3-5-15/h1-5,9,11-13,20H,6-8,10H2,(H,22,23,24,25). The number of hydrogen-bond donors (Lipinski definition) is 2. The fourth-order valence-electron chi connectivity index (χ4n) is 3.09. The lowest BCUT2D eigenvalue weighted by Crippen LogP contribution is -2.14. The SMILES string of the molecule is O=C(Nc1nc(-c2ccccc2)ns1)c1cncc(CC2CCNC2)c1. The second-order valence-electron chi connectivity index (χ2n) is 6.39. The maximum Gasteiger partial charge on any atom is 0.259 e. The largest absolute Gasteiger partial charge is 0.316 e. The summed E-state index contributed by atoms with van der Waals surface area (Å²) < 4.78 is 4.31. The van der Waals surface area contributed by atoms with Gasteiger partial charge in [-0.3, -0.25) is 15.1 Å². The molecule has 132 valence electrons. The van der Waals surface area contributed by atoms with Gasteiger partial charge in [-0.2, -0.15) is 9.36 Å². The van der Waals surface area contributed by atoms with Crippen LogP contribution in [0.15, 0.2) is 48.8 Å². The van der Waals surface area contributed by atoms with E-state index in [-0.39, 0.29) is 5.91 Å². The first kappa shape index (κ1) is 16.8. The molecule has 1 aliphatic heterocycles. The summed E-state index contributed by atoms with van der Waals surface area (Å²) >= 11 is 1.18. The van der Waals surface area contributed by atoms with Crippen LogP contribution in [0.3, 0.4) is 0 Å². The molecular weight excluding hydrogens is 346 g/mol. The van der Waals surface area contributed by atoms with E-state index in [1.165, 1.54) is 18.0 Å². The highest BCUT2D eigenvalue weighted by atomic mass is 32.1. The molecule has 1 aliphatic rings. The van der Waals surface area contributed by atoms with E-state index in [0.29, 0.717) is 22.4 Å². The van der Waals surface area contributed by atoms with Gasteiger partial charge in [0.1, 0.15) is 0 Å². The number of aromatic nitrogens is 3. The van der Waals surface area contributed by atoms with Crippen molar-refractivity contribution in [1.82, 2.24) is 19.7 Å². The smallest absolute Gasteiger partial charge is 0.259 e. The second kappa shape index (κ2) is 7.72. The van der Waals surface area contributed by atoms with E-state index in [9.17, 15) is 4.79 Å². The Balaban J connectivity index is 1.44. The number of pyridine rings is 1. The second-order valence-corrected chi connectivity index (χ2v) is 7.14. The molecule has 3 aromatic rings. The molecule has 1 unspecified atom stereocenters. The third-order valence-corrected chi connectivity index (χ3v) is 5.05. The summed E-state index contributed by atoms with van der Waals surface area (Å²) in [5, 5.41) is 6.67. The van der Waals surface area contributed by atoms with Crippen LogP contribution in [-0.2, 0) is 6.42 Å². The molecule has 26 heavy (non-hydrogen) atoms. The molecule has 1 saturated heterocycles. The van der Waals surface area contributed by atoms with E-state index in [2.05, 4.69) is 25.0 Å². The Morgan fingerprint density at radius 3 is 2.96 bits per heavy atom. The molecule has 1 aromatic carbocycles. The number of carbonyl (C=O) groups is 1. The van der Waals surface area contributed by atoms with Crippen molar-refractivity contribution in [2.24, 2.45) is 5.92 Å². The summed E-state index contributed by atoms with van der Waals surface area (Å²) in [5.74, 6) is 1.03. The molecule has 2 N–H and O–H groups in total. The molecule has 0 saturated carbocycles. The van der Waals surface area contributed by atoms with Crippen LogP contribution in [0.2, 0.25) is 0 Å². The lowest BCUT2D eigenvalue weighted by Gasteiger charge is -2.09. The van der Waals surface area contributed by atoms with E-state index in [1.807, 2.05) is 42.6 Å². The Kier molecular flexibility index (Phi) is 4.99. The molecule has 1 atom stereocenters. The van der Waals surface area contributed by atoms with Crippen molar-refractivity contribution in [3.63, 3.8) is 0 Å². The minimum Gasteiger partial charge on any atom is -0.316 e. The molecule has 7 heteroatoms. The highest BCUT2D eigenvalue weighted by Gasteiger charge is 2.16. The van der Waals surface area contributed by atoms with Gasteiger partial charge in [0.2, 0.25) is 5.13 Å². The molecule has 4 rings (SSSR count). The molecule has 0 bridgehead atoms. The lowest BCUT2D eigenvalue weighted by atomic mass is 9.99. The van der Waals surface area contributed by atoms with Crippen LogP contribution in [0.1, 0.15) is 22.3 Å². The van der Waals surface area contributed by atoms with Crippen molar-refractivity contribution < 1.29 is 4.79 Å². The van der Waals surface area contributed by atoms with E-state index in [0.717, 1.165) is 30.6 Å². The number of carbonyl (C=O) groups excluding carboxylic acids is 1. The molecule has 0 aliphatic carbocycles. The number of nitrogens with zero attached hydrogens (tertiary/aromatic N) is 3. The zero-order chi connectivity index (χ0) is 17.8. The van der Waals surface area contributed by atoms with Gasteiger partial charge in [0.05, 0.1) is 5.56 Å². The van der Waals surface area contributed by atoms with Crippen LogP contribution in [-0.4, -0.2) is 33.3 Å². The zero-order valence-electron chi connectivity index (χ0n) is 14.2. The van der Waals surface area contributed by atoms with Crippen molar-refractivity contribution in [3.8, 4) is 11.4 Å². The van der Waals surface area contributed by atoms with Gasteiger partial charge < -0.3 is 5.32 Å². The van der Waals surface area contributed by atoms with Crippen molar-refractivity contribution >= 4 is 22.6 Å². The minimum atomic E-state index is -0.209. The number of hydrogen-bond acceptors (Lipinski definition) is 6. The molecule has 0 radical (unpaired) electrons. The monoisotopic (exact) mass is 365 g/mol. The highest BCUT2D eigenvalue weighted by Crippen LogP contribution is 2.21. The van der Waals surface area contributed by atoms with Crippen LogP contribution < -0.4 is 10.6 Å². The molecule has 3 heterocycles. The van der Waals surface area contributed by atoms with Gasteiger partial charge in [0.15, 0.2) is 5.82 Å². The summed E-state index contributed by atoms with van der Waals surface area (Å²) in [5.41, 5.74) is 2.57. The summed E-state index contributed by atoms with van der Waals surface area (Å²) in [4.78, 5) is 21.2. The first-order chi connectivity index (χ1) is 12.8. The maximum absolute atomic E-state index is 12.5. The summed E-state index contributed by atoms with van der Waals surface area (Å²) in [6, 6.07) is 11.6. The first-order valence-electron chi connectivity index (χ1n) is 8.63. The average molecular weight is 365 g/mol. The predicted molar refractivity (Wildman–Crippen MR) is 102 cm³/mol. The van der Waals surface area contributed by atoms with Gasteiger partial charge in [-0.1, -0.05) is 30.3 Å². The van der Waals surface area contributed by atoms with Gasteiger partial charge in [-0.05, 0) is 43.5 Å². The topological polar surface area (TPSA) is 79.8 Å². The third kappa shape index (κ3) is 3.95. The number of rotatable bonds is 5. The number of amides is 1. The Labute approximate surface area is 155 Å². The molecule has 0 spiro atoms. The van der Waals surface area contributed by atoms with Gasteiger partial charge in [-0.15, -0.1) is 0 Å². The van der Waals surface area contributed by atoms with E-state index < -0.39 is 0 Å². The fourth-order valence-corrected chi connectivity index (χ4v) is 3.68. The number of benzene rings is 1. The van der Waals surface area contributed by atoms with Crippen LogP contribution in [0.4, 0.5) is 5.13 Å². The van der Waals surface area contributed by atoms with E-state index >= 15 is 0 Å². The van der Waals surface area contributed by atoms with Crippen molar-refractivity contribution in [1.29, 1.82) is 0 Å². The number of nitrogens with one attached hydrogen (secondary N) is 2. The van der Waals surface area contributed by atoms with E-state index in [1.54, 1.807) is 6.20 Å². The third-order valence-electron chi connectivity index (χ3n) is 4.42. The quantitative estimate of drug-likeness (QED) is 0.727. The normalized spacial score (nSPS) is 16.5. The van der Waals surface area contributed by atoms with Gasteiger partial charge in [0, 0.05) is 29.5 Å². The van der Waals surface area contributed by atoms with Crippen LogP contribution >= 0.6 is 11.5 Å².